The second kappa shape index (κ2) is 11.2. The smallest absolute Gasteiger partial charge is 0.260 e. The van der Waals surface area contributed by atoms with Gasteiger partial charge >= 0.3 is 0 Å². The third-order valence-corrected chi connectivity index (χ3v) is 7.62. The molecule has 3 aromatic rings. The van der Waals surface area contributed by atoms with Gasteiger partial charge in [0.2, 0.25) is 0 Å². The van der Waals surface area contributed by atoms with Gasteiger partial charge in [-0.05, 0) is 41.5 Å². The summed E-state index contributed by atoms with van der Waals surface area (Å²) in [4.78, 5) is 23.9. The molecule has 0 bridgehead atoms. The second-order valence-electron chi connectivity index (χ2n) is 9.04. The number of thioether (sulfide) groups is 1. The molecular formula is C25H32ClN3O2S2. The van der Waals surface area contributed by atoms with Crippen LogP contribution in [0, 0.1) is 0 Å². The van der Waals surface area contributed by atoms with Gasteiger partial charge in [0.1, 0.15) is 0 Å². The van der Waals surface area contributed by atoms with Gasteiger partial charge in [-0.1, -0.05) is 50.3 Å². The molecule has 0 spiro atoms. The van der Waals surface area contributed by atoms with Crippen molar-refractivity contribution in [1.29, 1.82) is 0 Å². The fourth-order valence-corrected chi connectivity index (χ4v) is 5.46. The Balaban J connectivity index is 0.00000306. The molecule has 1 amide bonds. The van der Waals surface area contributed by atoms with Gasteiger partial charge < -0.3 is 4.74 Å². The maximum Gasteiger partial charge on any atom is 0.260 e. The number of ether oxygens (including phenoxy) is 1. The number of thiazole rings is 1. The number of nitrogens with zero attached hydrogens (tertiary/aromatic N) is 3. The van der Waals surface area contributed by atoms with Crippen molar-refractivity contribution >= 4 is 56.8 Å². The van der Waals surface area contributed by atoms with Crippen molar-refractivity contribution < 1.29 is 9.53 Å². The molecule has 0 radical (unpaired) electrons. The fourth-order valence-electron chi connectivity index (χ4n) is 3.81. The van der Waals surface area contributed by atoms with Crippen LogP contribution in [0.25, 0.3) is 10.2 Å². The van der Waals surface area contributed by atoms with Gasteiger partial charge in [-0.15, -0.1) is 24.2 Å². The van der Waals surface area contributed by atoms with E-state index < -0.39 is 0 Å². The zero-order chi connectivity index (χ0) is 22.7. The van der Waals surface area contributed by atoms with E-state index in [1.165, 1.54) is 5.56 Å². The predicted molar refractivity (Wildman–Crippen MR) is 143 cm³/mol. The lowest BCUT2D eigenvalue weighted by Gasteiger charge is -2.29. The summed E-state index contributed by atoms with van der Waals surface area (Å²) in [6.07, 6.45) is 2.06. The number of benzene rings is 2. The molecule has 0 N–H and O–H groups in total. The first-order chi connectivity index (χ1) is 15.4. The molecule has 33 heavy (non-hydrogen) atoms. The lowest BCUT2D eigenvalue weighted by atomic mass is 9.86. The Bertz CT molecular complexity index is 1070. The summed E-state index contributed by atoms with van der Waals surface area (Å²) < 4.78 is 6.59. The van der Waals surface area contributed by atoms with E-state index in [0.29, 0.717) is 12.1 Å². The van der Waals surface area contributed by atoms with E-state index in [-0.39, 0.29) is 23.7 Å². The minimum absolute atomic E-state index is 0. The molecule has 1 aliphatic heterocycles. The van der Waals surface area contributed by atoms with E-state index in [4.69, 9.17) is 9.72 Å². The van der Waals surface area contributed by atoms with Crippen LogP contribution in [-0.2, 0) is 10.2 Å². The maximum atomic E-state index is 13.7. The highest BCUT2D eigenvalue weighted by Crippen LogP contribution is 2.34. The normalized spacial score (nSPS) is 14.8. The van der Waals surface area contributed by atoms with Gasteiger partial charge in [0, 0.05) is 36.6 Å². The molecular weight excluding hydrogens is 474 g/mol. The number of hydrogen-bond donors (Lipinski definition) is 0. The van der Waals surface area contributed by atoms with Crippen LogP contribution in [0.4, 0.5) is 5.13 Å². The molecule has 0 saturated carbocycles. The quantitative estimate of drug-likeness (QED) is 0.401. The number of carbonyl (C=O) groups excluding carboxylic acids is 1. The monoisotopic (exact) mass is 505 g/mol. The maximum absolute atomic E-state index is 13.7. The lowest BCUT2D eigenvalue weighted by Crippen LogP contribution is -2.43. The van der Waals surface area contributed by atoms with Crippen molar-refractivity contribution in [2.45, 2.75) is 31.1 Å². The van der Waals surface area contributed by atoms with Crippen LogP contribution in [-0.4, -0.2) is 61.4 Å². The Morgan fingerprint density at radius 1 is 1.15 bits per heavy atom. The number of rotatable bonds is 6. The highest BCUT2D eigenvalue weighted by molar-refractivity contribution is 7.98. The highest BCUT2D eigenvalue weighted by atomic mass is 35.5. The molecule has 1 fully saturated rings. The first kappa shape index (κ1) is 26.0. The zero-order valence-corrected chi connectivity index (χ0v) is 22.1. The van der Waals surface area contributed by atoms with Gasteiger partial charge in [0.05, 0.1) is 23.4 Å². The minimum Gasteiger partial charge on any atom is -0.379 e. The molecule has 0 aliphatic carbocycles. The van der Waals surface area contributed by atoms with E-state index in [2.05, 4.69) is 62.3 Å². The average Bonchev–Trinajstić information content (AvgIpc) is 3.23. The number of hydrogen-bond acceptors (Lipinski definition) is 6. The molecule has 1 aromatic heterocycles. The van der Waals surface area contributed by atoms with Crippen molar-refractivity contribution in [2.75, 3.05) is 50.5 Å². The number of halogens is 1. The van der Waals surface area contributed by atoms with Crippen LogP contribution in [0.15, 0.2) is 47.4 Å². The summed E-state index contributed by atoms with van der Waals surface area (Å²) in [7, 11) is 0. The van der Waals surface area contributed by atoms with E-state index >= 15 is 0 Å². The first-order valence-corrected chi connectivity index (χ1v) is 13.1. The van der Waals surface area contributed by atoms with Gasteiger partial charge in [-0.2, -0.15) is 0 Å². The van der Waals surface area contributed by atoms with E-state index in [0.717, 1.165) is 53.1 Å². The lowest BCUT2D eigenvalue weighted by molar-refractivity contribution is 0.0391. The summed E-state index contributed by atoms with van der Waals surface area (Å²) in [6.45, 7) is 11.3. The van der Waals surface area contributed by atoms with Crippen LogP contribution in [0.2, 0.25) is 0 Å². The number of fused-ring (bicyclic) bond motifs is 1. The molecule has 2 heterocycles. The van der Waals surface area contributed by atoms with E-state index in [1.807, 2.05) is 17.0 Å². The summed E-state index contributed by atoms with van der Waals surface area (Å²) in [6, 6.07) is 14.3. The van der Waals surface area contributed by atoms with Crippen LogP contribution >= 0.6 is 35.5 Å². The predicted octanol–water partition coefficient (Wildman–Crippen LogP) is 5.72. The summed E-state index contributed by atoms with van der Waals surface area (Å²) in [5, 5.41) is 0.764. The third-order valence-electron chi connectivity index (χ3n) is 5.81. The molecule has 8 heteroatoms. The van der Waals surface area contributed by atoms with E-state index in [9.17, 15) is 4.79 Å². The Labute approximate surface area is 210 Å². The largest absolute Gasteiger partial charge is 0.379 e. The summed E-state index contributed by atoms with van der Waals surface area (Å²) in [5.41, 5.74) is 2.95. The average molecular weight is 506 g/mol. The third kappa shape index (κ3) is 6.08. The van der Waals surface area contributed by atoms with Gasteiger partial charge in [0.25, 0.3) is 5.91 Å². The molecule has 4 rings (SSSR count). The summed E-state index contributed by atoms with van der Waals surface area (Å²) in [5.74, 6) is 0.00322. The van der Waals surface area contributed by atoms with Crippen molar-refractivity contribution in [3.05, 3.63) is 53.6 Å². The van der Waals surface area contributed by atoms with Crippen LogP contribution in [0.5, 0.6) is 0 Å². The summed E-state index contributed by atoms with van der Waals surface area (Å²) >= 11 is 3.28. The number of anilines is 1. The molecule has 1 aliphatic rings. The Morgan fingerprint density at radius 2 is 1.85 bits per heavy atom. The van der Waals surface area contributed by atoms with Crippen LogP contribution < -0.4 is 4.90 Å². The van der Waals surface area contributed by atoms with Gasteiger partial charge in [-0.25, -0.2) is 4.98 Å². The minimum atomic E-state index is 0. The zero-order valence-electron chi connectivity index (χ0n) is 19.7. The van der Waals surface area contributed by atoms with Crippen molar-refractivity contribution in [2.24, 2.45) is 0 Å². The Hall–Kier alpha value is -1.64. The van der Waals surface area contributed by atoms with Crippen molar-refractivity contribution in [1.82, 2.24) is 9.88 Å². The topological polar surface area (TPSA) is 45.7 Å². The van der Waals surface area contributed by atoms with Gasteiger partial charge in [-0.3, -0.25) is 14.6 Å². The highest BCUT2D eigenvalue weighted by Gasteiger charge is 2.24. The molecule has 0 atom stereocenters. The van der Waals surface area contributed by atoms with Crippen molar-refractivity contribution in [3.63, 3.8) is 0 Å². The van der Waals surface area contributed by atoms with E-state index in [1.54, 1.807) is 23.1 Å². The number of amides is 1. The SMILES string of the molecule is CSc1cccc2sc(N(CCN3CCOCC3)C(=O)c3ccc(C(C)(C)C)cc3)nc12.Cl. The molecule has 2 aromatic carbocycles. The molecule has 1 saturated heterocycles. The fraction of sp³-hybridized carbons (Fsp3) is 0.440. The number of para-hydroxylation sites is 1. The second-order valence-corrected chi connectivity index (χ2v) is 10.9. The van der Waals surface area contributed by atoms with Crippen molar-refractivity contribution in [3.8, 4) is 0 Å². The Kier molecular flexibility index (Phi) is 8.81. The van der Waals surface area contributed by atoms with Crippen LogP contribution in [0.3, 0.4) is 0 Å². The van der Waals surface area contributed by atoms with Crippen LogP contribution in [0.1, 0.15) is 36.7 Å². The number of aromatic nitrogens is 1. The number of carbonyl (C=O) groups is 1. The molecule has 0 unspecified atom stereocenters. The first-order valence-electron chi connectivity index (χ1n) is 11.0. The standard InChI is InChI=1S/C25H31N3O2S2.ClH/c1-25(2,3)19-10-8-18(9-11-19)23(29)28(13-12-27-14-16-30-17-15-27)24-26-22-20(31-4)6-5-7-21(22)32-24;/h5-11H,12-17H2,1-4H3;1H. The molecule has 178 valence electrons. The molecule has 5 nitrogen and oxygen atoms in total. The Morgan fingerprint density at radius 3 is 2.48 bits per heavy atom. The number of morpholine rings is 1. The van der Waals surface area contributed by atoms with Gasteiger partial charge in [0.15, 0.2) is 5.13 Å².